The lowest BCUT2D eigenvalue weighted by atomic mass is 9.89. The normalized spacial score (nSPS) is 20.7. The molecule has 0 bridgehead atoms. The predicted octanol–water partition coefficient (Wildman–Crippen LogP) is 4.06. The molecule has 106 valence electrons. The SMILES string of the molecule is CCc1nc(Br)cc(N2CCCC(C(C)C)CC2)n1. The smallest absolute Gasteiger partial charge is 0.133 e. The zero-order valence-electron chi connectivity index (χ0n) is 12.2. The van der Waals surface area contributed by atoms with Gasteiger partial charge in [-0.1, -0.05) is 20.8 Å². The second kappa shape index (κ2) is 6.69. The zero-order chi connectivity index (χ0) is 13.8. The number of hydrogen-bond acceptors (Lipinski definition) is 3. The van der Waals surface area contributed by atoms with Crippen molar-refractivity contribution in [2.45, 2.75) is 46.5 Å². The molecule has 1 aliphatic rings. The van der Waals surface area contributed by atoms with E-state index in [1.165, 1.54) is 19.3 Å². The van der Waals surface area contributed by atoms with Gasteiger partial charge in [-0.05, 0) is 47.0 Å². The molecule has 1 fully saturated rings. The molecule has 0 aromatic carbocycles. The third kappa shape index (κ3) is 3.91. The topological polar surface area (TPSA) is 29.0 Å². The van der Waals surface area contributed by atoms with Crippen LogP contribution in [0.25, 0.3) is 0 Å². The minimum Gasteiger partial charge on any atom is -0.356 e. The lowest BCUT2D eigenvalue weighted by Crippen LogP contribution is -2.26. The van der Waals surface area contributed by atoms with E-state index in [2.05, 4.69) is 57.6 Å². The Bertz CT molecular complexity index is 420. The summed E-state index contributed by atoms with van der Waals surface area (Å²) in [6, 6.07) is 2.05. The maximum absolute atomic E-state index is 4.67. The fraction of sp³-hybridized carbons (Fsp3) is 0.733. The van der Waals surface area contributed by atoms with E-state index in [9.17, 15) is 0 Å². The van der Waals surface area contributed by atoms with Gasteiger partial charge in [0.05, 0.1) is 0 Å². The van der Waals surface area contributed by atoms with Gasteiger partial charge in [0.1, 0.15) is 16.2 Å². The van der Waals surface area contributed by atoms with Crippen molar-refractivity contribution in [3.05, 3.63) is 16.5 Å². The maximum atomic E-state index is 4.67. The molecule has 1 aliphatic heterocycles. The highest BCUT2D eigenvalue weighted by Crippen LogP contribution is 2.27. The highest BCUT2D eigenvalue weighted by Gasteiger charge is 2.20. The van der Waals surface area contributed by atoms with Crippen molar-refractivity contribution >= 4 is 21.7 Å². The van der Waals surface area contributed by atoms with Crippen molar-refractivity contribution in [2.75, 3.05) is 18.0 Å². The van der Waals surface area contributed by atoms with E-state index in [-0.39, 0.29) is 0 Å². The standard InChI is InChI=1S/C15H24BrN3/c1-4-14-17-13(16)10-15(18-14)19-8-5-6-12(7-9-19)11(2)3/h10-12H,4-9H2,1-3H3. The van der Waals surface area contributed by atoms with Gasteiger partial charge < -0.3 is 4.90 Å². The molecule has 1 unspecified atom stereocenters. The summed E-state index contributed by atoms with van der Waals surface area (Å²) in [7, 11) is 0. The first-order chi connectivity index (χ1) is 9.10. The molecule has 1 aromatic heterocycles. The minimum atomic E-state index is 0.795. The van der Waals surface area contributed by atoms with E-state index >= 15 is 0 Å². The number of aromatic nitrogens is 2. The third-order valence-electron chi connectivity index (χ3n) is 4.08. The average Bonchev–Trinajstić information content (AvgIpc) is 2.63. The summed E-state index contributed by atoms with van der Waals surface area (Å²) in [6.07, 6.45) is 4.78. The van der Waals surface area contributed by atoms with Gasteiger partial charge >= 0.3 is 0 Å². The molecule has 0 aliphatic carbocycles. The van der Waals surface area contributed by atoms with E-state index in [4.69, 9.17) is 0 Å². The number of nitrogens with zero attached hydrogens (tertiary/aromatic N) is 3. The first-order valence-corrected chi connectivity index (χ1v) is 8.18. The number of hydrogen-bond donors (Lipinski definition) is 0. The Kier molecular flexibility index (Phi) is 5.20. The number of anilines is 1. The van der Waals surface area contributed by atoms with Crippen molar-refractivity contribution in [2.24, 2.45) is 11.8 Å². The Labute approximate surface area is 125 Å². The summed E-state index contributed by atoms with van der Waals surface area (Å²) < 4.78 is 0.902. The fourth-order valence-electron chi connectivity index (χ4n) is 2.79. The van der Waals surface area contributed by atoms with Crippen LogP contribution < -0.4 is 4.90 Å². The molecular formula is C15H24BrN3. The Morgan fingerprint density at radius 1 is 1.32 bits per heavy atom. The molecule has 4 heteroatoms. The van der Waals surface area contributed by atoms with Gasteiger partial charge in [-0.3, -0.25) is 0 Å². The van der Waals surface area contributed by atoms with Crippen LogP contribution >= 0.6 is 15.9 Å². The zero-order valence-corrected chi connectivity index (χ0v) is 13.8. The van der Waals surface area contributed by atoms with Crippen molar-refractivity contribution in [3.8, 4) is 0 Å². The predicted molar refractivity (Wildman–Crippen MR) is 83.5 cm³/mol. The van der Waals surface area contributed by atoms with Crippen LogP contribution in [0.3, 0.4) is 0 Å². The van der Waals surface area contributed by atoms with Gasteiger partial charge in [0.15, 0.2) is 0 Å². The van der Waals surface area contributed by atoms with E-state index in [1.54, 1.807) is 0 Å². The van der Waals surface area contributed by atoms with E-state index in [1.807, 2.05) is 0 Å². The van der Waals surface area contributed by atoms with Crippen molar-refractivity contribution in [1.82, 2.24) is 9.97 Å². The highest BCUT2D eigenvalue weighted by atomic mass is 79.9. The second-order valence-electron chi connectivity index (χ2n) is 5.74. The van der Waals surface area contributed by atoms with Gasteiger partial charge in [-0.2, -0.15) is 0 Å². The first-order valence-electron chi connectivity index (χ1n) is 7.38. The highest BCUT2D eigenvalue weighted by molar-refractivity contribution is 9.10. The van der Waals surface area contributed by atoms with Crippen LogP contribution in [0, 0.1) is 11.8 Å². The summed E-state index contributed by atoms with van der Waals surface area (Å²) in [5, 5.41) is 0. The molecule has 0 N–H and O–H groups in total. The van der Waals surface area contributed by atoms with E-state index in [0.29, 0.717) is 0 Å². The van der Waals surface area contributed by atoms with E-state index < -0.39 is 0 Å². The number of aryl methyl sites for hydroxylation is 1. The minimum absolute atomic E-state index is 0.795. The lowest BCUT2D eigenvalue weighted by Gasteiger charge is -2.23. The molecule has 2 rings (SSSR count). The van der Waals surface area contributed by atoms with Gasteiger partial charge in [-0.15, -0.1) is 0 Å². The molecule has 1 atom stereocenters. The van der Waals surface area contributed by atoms with Crippen molar-refractivity contribution < 1.29 is 0 Å². The van der Waals surface area contributed by atoms with Crippen LogP contribution in [0.15, 0.2) is 10.7 Å². The Hall–Kier alpha value is -0.640. The van der Waals surface area contributed by atoms with Crippen LogP contribution in [0.2, 0.25) is 0 Å². The molecular weight excluding hydrogens is 302 g/mol. The largest absolute Gasteiger partial charge is 0.356 e. The first kappa shape index (κ1) is 14.8. The molecule has 1 saturated heterocycles. The van der Waals surface area contributed by atoms with E-state index in [0.717, 1.165) is 47.6 Å². The molecule has 0 radical (unpaired) electrons. The monoisotopic (exact) mass is 325 g/mol. The fourth-order valence-corrected chi connectivity index (χ4v) is 3.20. The van der Waals surface area contributed by atoms with Crippen molar-refractivity contribution in [1.29, 1.82) is 0 Å². The third-order valence-corrected chi connectivity index (χ3v) is 4.49. The molecule has 3 nitrogen and oxygen atoms in total. The molecule has 2 heterocycles. The quantitative estimate of drug-likeness (QED) is 0.784. The Morgan fingerprint density at radius 2 is 2.11 bits per heavy atom. The average molecular weight is 326 g/mol. The maximum Gasteiger partial charge on any atom is 0.133 e. The number of halogens is 1. The number of rotatable bonds is 3. The van der Waals surface area contributed by atoms with Gasteiger partial charge in [-0.25, -0.2) is 9.97 Å². The van der Waals surface area contributed by atoms with Crippen LogP contribution in [0.5, 0.6) is 0 Å². The summed E-state index contributed by atoms with van der Waals surface area (Å²) in [4.78, 5) is 11.5. The summed E-state index contributed by atoms with van der Waals surface area (Å²) >= 11 is 3.50. The molecule has 19 heavy (non-hydrogen) atoms. The van der Waals surface area contributed by atoms with Gasteiger partial charge in [0.25, 0.3) is 0 Å². The van der Waals surface area contributed by atoms with Gasteiger partial charge in [0.2, 0.25) is 0 Å². The Morgan fingerprint density at radius 3 is 2.79 bits per heavy atom. The molecule has 0 spiro atoms. The van der Waals surface area contributed by atoms with Gasteiger partial charge in [0, 0.05) is 25.6 Å². The Balaban J connectivity index is 2.11. The summed E-state index contributed by atoms with van der Waals surface area (Å²) in [6.45, 7) is 9.03. The van der Waals surface area contributed by atoms with Crippen LogP contribution in [0.4, 0.5) is 5.82 Å². The second-order valence-corrected chi connectivity index (χ2v) is 6.55. The van der Waals surface area contributed by atoms with Crippen molar-refractivity contribution in [3.63, 3.8) is 0 Å². The lowest BCUT2D eigenvalue weighted by molar-refractivity contribution is 0.351. The molecule has 0 amide bonds. The van der Waals surface area contributed by atoms with Crippen LogP contribution in [-0.2, 0) is 6.42 Å². The molecule has 0 saturated carbocycles. The molecule has 1 aromatic rings. The van der Waals surface area contributed by atoms with Crippen LogP contribution in [0.1, 0.15) is 45.9 Å². The summed E-state index contributed by atoms with van der Waals surface area (Å²) in [5.74, 6) is 3.67. The van der Waals surface area contributed by atoms with Crippen LogP contribution in [-0.4, -0.2) is 23.1 Å². The summed E-state index contributed by atoms with van der Waals surface area (Å²) in [5.41, 5.74) is 0.